The maximum Gasteiger partial charge on any atom is 0.417 e. The topological polar surface area (TPSA) is 40.5 Å². The Balaban J connectivity index is 2.04. The van der Waals surface area contributed by atoms with Crippen LogP contribution in [0.25, 0.3) is 0 Å². The number of piperidine rings is 1. The summed E-state index contributed by atoms with van der Waals surface area (Å²) in [5, 5.41) is 11.6. The van der Waals surface area contributed by atoms with Crippen molar-refractivity contribution in [3.8, 4) is 0 Å². The van der Waals surface area contributed by atoms with Crippen molar-refractivity contribution in [2.24, 2.45) is 5.92 Å². The number of aliphatic hydroxyl groups excluding tert-OH is 1. The van der Waals surface area contributed by atoms with E-state index in [-0.39, 0.29) is 16.4 Å². The van der Waals surface area contributed by atoms with E-state index in [1.807, 2.05) is 11.9 Å². The van der Waals surface area contributed by atoms with Gasteiger partial charge in [-0.1, -0.05) is 12.1 Å². The molecule has 2 heterocycles. The molecule has 2 aromatic rings. The first-order valence-electron chi connectivity index (χ1n) is 8.54. The highest BCUT2D eigenvalue weighted by Gasteiger charge is 2.41. The minimum Gasteiger partial charge on any atom is -0.388 e. The molecule has 1 aliphatic heterocycles. The van der Waals surface area contributed by atoms with E-state index in [4.69, 9.17) is 0 Å². The molecule has 1 N–H and O–H groups in total. The van der Waals surface area contributed by atoms with E-state index in [9.17, 15) is 27.5 Å². The maximum atomic E-state index is 14.0. The van der Waals surface area contributed by atoms with Crippen molar-refractivity contribution in [2.75, 3.05) is 20.1 Å². The van der Waals surface area contributed by atoms with Crippen molar-refractivity contribution in [3.05, 3.63) is 57.0 Å². The first kappa shape index (κ1) is 20.0. The molecule has 0 radical (unpaired) electrons. The zero-order chi connectivity index (χ0) is 19.8. The van der Waals surface area contributed by atoms with Crippen LogP contribution in [-0.4, -0.2) is 35.9 Å². The predicted octanol–water partition coefficient (Wildman–Crippen LogP) is 4.51. The highest BCUT2D eigenvalue weighted by Crippen LogP contribution is 2.44. The fraction of sp³-hybridized carbons (Fsp3) is 0.421. The van der Waals surface area contributed by atoms with Crippen molar-refractivity contribution in [1.82, 2.24) is 4.90 Å². The molecular formula is C19H19F4NO2S. The number of thiophene rings is 1. The Morgan fingerprint density at radius 3 is 2.48 bits per heavy atom. The summed E-state index contributed by atoms with van der Waals surface area (Å²) in [6.07, 6.45) is -5.07. The number of benzene rings is 1. The number of carbonyl (C=O) groups is 1. The molecule has 1 atom stereocenters. The van der Waals surface area contributed by atoms with Crippen LogP contribution in [0.2, 0.25) is 0 Å². The molecule has 0 amide bonds. The van der Waals surface area contributed by atoms with Crippen LogP contribution in [0, 0.1) is 11.7 Å². The molecule has 1 unspecified atom stereocenters. The van der Waals surface area contributed by atoms with Crippen molar-refractivity contribution < 1.29 is 27.5 Å². The molecule has 0 saturated carbocycles. The van der Waals surface area contributed by atoms with E-state index < -0.39 is 35.0 Å². The summed E-state index contributed by atoms with van der Waals surface area (Å²) in [6, 6.07) is 5.16. The van der Waals surface area contributed by atoms with Gasteiger partial charge < -0.3 is 10.0 Å². The van der Waals surface area contributed by atoms with Crippen molar-refractivity contribution in [2.45, 2.75) is 25.1 Å². The van der Waals surface area contributed by atoms with Gasteiger partial charge in [0.2, 0.25) is 5.78 Å². The Morgan fingerprint density at radius 2 is 1.89 bits per heavy atom. The number of carbonyl (C=O) groups excluding carboxylic acids is 1. The normalized spacial score (nSPS) is 17.9. The summed E-state index contributed by atoms with van der Waals surface area (Å²) < 4.78 is 54.5. The molecule has 0 bridgehead atoms. The molecule has 1 aromatic carbocycles. The molecule has 3 nitrogen and oxygen atoms in total. The molecule has 0 aliphatic carbocycles. The second kappa shape index (κ2) is 7.69. The third kappa shape index (κ3) is 4.07. The van der Waals surface area contributed by atoms with E-state index in [1.165, 1.54) is 18.2 Å². The van der Waals surface area contributed by atoms with E-state index in [2.05, 4.69) is 0 Å². The number of aliphatic hydroxyl groups is 1. The van der Waals surface area contributed by atoms with Crippen LogP contribution in [0.4, 0.5) is 17.6 Å². The molecule has 3 rings (SSSR count). The number of ketones is 1. The Hall–Kier alpha value is -1.77. The fourth-order valence-electron chi connectivity index (χ4n) is 3.40. The predicted molar refractivity (Wildman–Crippen MR) is 94.3 cm³/mol. The average Bonchev–Trinajstić information content (AvgIpc) is 3.07. The second-order valence-corrected chi connectivity index (χ2v) is 7.66. The molecule has 1 saturated heterocycles. The molecule has 1 aliphatic rings. The van der Waals surface area contributed by atoms with Crippen LogP contribution >= 0.6 is 11.3 Å². The second-order valence-electron chi connectivity index (χ2n) is 6.78. The largest absolute Gasteiger partial charge is 0.417 e. The quantitative estimate of drug-likeness (QED) is 0.605. The molecule has 1 aromatic heterocycles. The van der Waals surface area contributed by atoms with Crippen LogP contribution in [-0.2, 0) is 6.18 Å². The summed E-state index contributed by atoms with van der Waals surface area (Å²) in [7, 11) is 1.90. The Morgan fingerprint density at radius 1 is 1.26 bits per heavy atom. The zero-order valence-electron chi connectivity index (χ0n) is 14.6. The van der Waals surface area contributed by atoms with Gasteiger partial charge in [0, 0.05) is 10.9 Å². The van der Waals surface area contributed by atoms with Gasteiger partial charge in [-0.05, 0) is 51.0 Å². The monoisotopic (exact) mass is 401 g/mol. The molecule has 8 heteroatoms. The Labute approximate surface area is 158 Å². The van der Waals surface area contributed by atoms with Gasteiger partial charge in [-0.3, -0.25) is 4.79 Å². The summed E-state index contributed by atoms with van der Waals surface area (Å²) in [6.45, 7) is 1.31. The van der Waals surface area contributed by atoms with E-state index in [0.29, 0.717) is 37.3 Å². The zero-order valence-corrected chi connectivity index (χ0v) is 15.4. The number of hydrogen-bond acceptors (Lipinski definition) is 4. The maximum absolute atomic E-state index is 14.0. The third-order valence-electron chi connectivity index (χ3n) is 4.97. The summed E-state index contributed by atoms with van der Waals surface area (Å²) in [4.78, 5) is 14.5. The number of likely N-dealkylation sites (tertiary alicyclic amines) is 1. The van der Waals surface area contributed by atoms with Gasteiger partial charge in [-0.25, -0.2) is 4.39 Å². The third-order valence-corrected chi connectivity index (χ3v) is 5.96. The lowest BCUT2D eigenvalue weighted by Gasteiger charge is -2.32. The molecular weight excluding hydrogens is 382 g/mol. The first-order valence-corrected chi connectivity index (χ1v) is 9.42. The SMILES string of the molecule is CN1CCC(C(O)c2c(C(F)(F)F)csc2C(=O)c2ccccc2F)CC1. The fourth-order valence-corrected chi connectivity index (χ4v) is 4.47. The van der Waals surface area contributed by atoms with Crippen molar-refractivity contribution in [3.63, 3.8) is 0 Å². The number of rotatable bonds is 4. The van der Waals surface area contributed by atoms with Gasteiger partial charge in [-0.15, -0.1) is 11.3 Å². The van der Waals surface area contributed by atoms with E-state index in [1.54, 1.807) is 0 Å². The van der Waals surface area contributed by atoms with Gasteiger partial charge >= 0.3 is 6.18 Å². The van der Waals surface area contributed by atoms with E-state index >= 15 is 0 Å². The Kier molecular flexibility index (Phi) is 5.69. The number of alkyl halides is 3. The van der Waals surface area contributed by atoms with Gasteiger partial charge in [-0.2, -0.15) is 13.2 Å². The van der Waals surface area contributed by atoms with E-state index in [0.717, 1.165) is 11.4 Å². The number of nitrogens with zero attached hydrogens (tertiary/aromatic N) is 1. The lowest BCUT2D eigenvalue weighted by molar-refractivity contribution is -0.139. The van der Waals surface area contributed by atoms with Crippen molar-refractivity contribution in [1.29, 1.82) is 0 Å². The van der Waals surface area contributed by atoms with Crippen LogP contribution in [0.15, 0.2) is 29.6 Å². The van der Waals surface area contributed by atoms with Crippen LogP contribution < -0.4 is 0 Å². The highest BCUT2D eigenvalue weighted by atomic mass is 32.1. The van der Waals surface area contributed by atoms with Gasteiger partial charge in [0.05, 0.1) is 22.1 Å². The number of hydrogen-bond donors (Lipinski definition) is 1. The Bertz CT molecular complexity index is 825. The number of halogens is 4. The molecule has 146 valence electrons. The average molecular weight is 401 g/mol. The highest BCUT2D eigenvalue weighted by molar-refractivity contribution is 7.12. The molecule has 1 fully saturated rings. The smallest absolute Gasteiger partial charge is 0.388 e. The van der Waals surface area contributed by atoms with Crippen LogP contribution in [0.5, 0.6) is 0 Å². The van der Waals surface area contributed by atoms with Gasteiger partial charge in [0.25, 0.3) is 0 Å². The van der Waals surface area contributed by atoms with Gasteiger partial charge in [0.1, 0.15) is 5.82 Å². The standard InChI is InChI=1S/C19H19F4NO2S/c1-24-8-6-11(7-9-24)16(25)15-13(19(21,22)23)10-27-18(15)17(26)12-4-2-3-5-14(12)20/h2-5,10-11,16,25H,6-9H2,1H3. The lowest BCUT2D eigenvalue weighted by atomic mass is 9.85. The van der Waals surface area contributed by atoms with Crippen LogP contribution in [0.1, 0.15) is 45.3 Å². The van der Waals surface area contributed by atoms with Gasteiger partial charge in [0.15, 0.2) is 0 Å². The molecule has 0 spiro atoms. The van der Waals surface area contributed by atoms with Crippen molar-refractivity contribution >= 4 is 17.1 Å². The first-order chi connectivity index (χ1) is 12.7. The summed E-state index contributed by atoms with van der Waals surface area (Å²) in [5.41, 5.74) is -1.74. The lowest BCUT2D eigenvalue weighted by Crippen LogP contribution is -2.33. The minimum absolute atomic E-state index is 0.251. The molecule has 27 heavy (non-hydrogen) atoms. The minimum atomic E-state index is -4.70. The summed E-state index contributed by atoms with van der Waals surface area (Å²) >= 11 is 0.601. The summed E-state index contributed by atoms with van der Waals surface area (Å²) in [5.74, 6) is -2.02. The van der Waals surface area contributed by atoms with Crippen LogP contribution in [0.3, 0.4) is 0 Å².